The van der Waals surface area contributed by atoms with Gasteiger partial charge in [0.2, 0.25) is 0 Å². The second kappa shape index (κ2) is 2.90. The van der Waals surface area contributed by atoms with Crippen LogP contribution in [-0.2, 0) is 12.8 Å². The molecule has 0 spiro atoms. The van der Waals surface area contributed by atoms with E-state index in [2.05, 4.69) is 4.98 Å². The first-order valence-electron chi connectivity index (χ1n) is 4.03. The van der Waals surface area contributed by atoms with Gasteiger partial charge in [-0.15, -0.1) is 0 Å². The third-order valence-corrected chi connectivity index (χ3v) is 3.22. The lowest BCUT2D eigenvalue weighted by Gasteiger charge is -2.06. The molecule has 0 saturated heterocycles. The number of fused-ring (bicyclic) bond motifs is 1. The molecule has 1 aromatic heterocycles. The molecule has 0 unspecified atom stereocenters. The molecule has 1 nitrogen and oxygen atoms in total. The van der Waals surface area contributed by atoms with E-state index >= 15 is 0 Å². The molecular weight excluding hydrogens is 193 g/mol. The topological polar surface area (TPSA) is 12.9 Å². The summed E-state index contributed by atoms with van der Waals surface area (Å²) < 4.78 is 0. The van der Waals surface area contributed by atoms with E-state index in [1.807, 2.05) is 6.92 Å². The Kier molecular flexibility index (Phi) is 2.01. The minimum Gasteiger partial charge on any atom is -0.239 e. The second-order valence-corrected chi connectivity index (χ2v) is 3.86. The van der Waals surface area contributed by atoms with Crippen molar-refractivity contribution in [3.05, 3.63) is 27.0 Å². The molecule has 1 aliphatic carbocycles. The maximum Gasteiger partial charge on any atom is 0.148 e. The minimum atomic E-state index is 0.454. The maximum absolute atomic E-state index is 5.97. The van der Waals surface area contributed by atoms with Crippen LogP contribution < -0.4 is 0 Å². The fourth-order valence-electron chi connectivity index (χ4n) is 1.71. The molecule has 0 amide bonds. The molecule has 0 saturated carbocycles. The zero-order chi connectivity index (χ0) is 8.72. The summed E-state index contributed by atoms with van der Waals surface area (Å²) in [6.07, 6.45) is 3.33. The Bertz CT molecular complexity index is 334. The molecule has 64 valence electrons. The number of aryl methyl sites for hydroxylation is 1. The van der Waals surface area contributed by atoms with E-state index in [0.717, 1.165) is 24.1 Å². The van der Waals surface area contributed by atoms with Crippen molar-refractivity contribution < 1.29 is 0 Å². The van der Waals surface area contributed by atoms with Crippen molar-refractivity contribution in [3.8, 4) is 0 Å². The average Bonchev–Trinajstić information content (AvgIpc) is 2.48. The van der Waals surface area contributed by atoms with E-state index in [4.69, 9.17) is 23.2 Å². The minimum absolute atomic E-state index is 0.454. The summed E-state index contributed by atoms with van der Waals surface area (Å²) in [7, 11) is 0. The van der Waals surface area contributed by atoms with Crippen LogP contribution in [0.1, 0.15) is 23.2 Å². The van der Waals surface area contributed by atoms with Crippen LogP contribution in [0.25, 0.3) is 0 Å². The molecule has 12 heavy (non-hydrogen) atoms. The van der Waals surface area contributed by atoms with Gasteiger partial charge in [-0.1, -0.05) is 23.2 Å². The number of aromatic nitrogens is 1. The van der Waals surface area contributed by atoms with Gasteiger partial charge in [-0.3, -0.25) is 0 Å². The van der Waals surface area contributed by atoms with E-state index in [1.165, 1.54) is 12.0 Å². The number of pyridine rings is 1. The largest absolute Gasteiger partial charge is 0.239 e. The SMILES string of the molecule is Cc1c(Cl)c(Cl)nc2c1CCC2. The third kappa shape index (κ3) is 1.12. The Labute approximate surface area is 81.7 Å². The van der Waals surface area contributed by atoms with E-state index < -0.39 is 0 Å². The molecule has 0 fully saturated rings. The van der Waals surface area contributed by atoms with Gasteiger partial charge in [0.05, 0.1) is 5.02 Å². The Balaban J connectivity index is 2.67. The van der Waals surface area contributed by atoms with Crippen LogP contribution in [-0.4, -0.2) is 4.98 Å². The fourth-order valence-corrected chi connectivity index (χ4v) is 2.11. The Morgan fingerprint density at radius 3 is 2.75 bits per heavy atom. The smallest absolute Gasteiger partial charge is 0.148 e. The van der Waals surface area contributed by atoms with E-state index in [-0.39, 0.29) is 0 Å². The number of nitrogens with zero attached hydrogens (tertiary/aromatic N) is 1. The first-order chi connectivity index (χ1) is 5.70. The standard InChI is InChI=1S/C9H9Cl2N/c1-5-6-3-2-4-7(6)12-9(11)8(5)10/h2-4H2,1H3. The monoisotopic (exact) mass is 201 g/mol. The second-order valence-electron chi connectivity index (χ2n) is 3.12. The number of hydrogen-bond acceptors (Lipinski definition) is 1. The molecule has 1 heterocycles. The van der Waals surface area contributed by atoms with Crippen LogP contribution in [0, 0.1) is 6.92 Å². The van der Waals surface area contributed by atoms with E-state index in [1.54, 1.807) is 0 Å². The van der Waals surface area contributed by atoms with Crippen molar-refractivity contribution in [1.29, 1.82) is 0 Å². The van der Waals surface area contributed by atoms with Gasteiger partial charge in [-0.2, -0.15) is 0 Å². The molecule has 0 N–H and O–H groups in total. The predicted molar refractivity (Wildman–Crippen MR) is 51.0 cm³/mol. The van der Waals surface area contributed by atoms with Crippen LogP contribution in [0.5, 0.6) is 0 Å². The zero-order valence-electron chi connectivity index (χ0n) is 6.82. The Hall–Kier alpha value is -0.270. The fraction of sp³-hybridized carbons (Fsp3) is 0.444. The van der Waals surface area contributed by atoms with Gasteiger partial charge in [-0.25, -0.2) is 4.98 Å². The van der Waals surface area contributed by atoms with Crippen molar-refractivity contribution in [2.24, 2.45) is 0 Å². The summed E-state index contributed by atoms with van der Waals surface area (Å²) in [5, 5.41) is 1.08. The third-order valence-electron chi connectivity index (χ3n) is 2.38. The number of hydrogen-bond donors (Lipinski definition) is 0. The van der Waals surface area contributed by atoms with Crippen LogP contribution in [0.2, 0.25) is 10.2 Å². The molecular formula is C9H9Cl2N. The molecule has 1 aliphatic rings. The summed E-state index contributed by atoms with van der Waals surface area (Å²) in [4.78, 5) is 4.25. The molecule has 0 aromatic carbocycles. The molecule has 0 atom stereocenters. The normalized spacial score (nSPS) is 14.9. The first-order valence-corrected chi connectivity index (χ1v) is 4.79. The van der Waals surface area contributed by atoms with Crippen molar-refractivity contribution >= 4 is 23.2 Å². The van der Waals surface area contributed by atoms with Gasteiger partial charge in [0.25, 0.3) is 0 Å². The molecule has 0 bridgehead atoms. The molecule has 0 radical (unpaired) electrons. The lowest BCUT2D eigenvalue weighted by Crippen LogP contribution is -1.94. The van der Waals surface area contributed by atoms with Crippen LogP contribution in [0.15, 0.2) is 0 Å². The first kappa shape index (κ1) is 8.33. The molecule has 0 aliphatic heterocycles. The highest BCUT2D eigenvalue weighted by atomic mass is 35.5. The highest BCUT2D eigenvalue weighted by molar-refractivity contribution is 6.41. The van der Waals surface area contributed by atoms with Crippen molar-refractivity contribution in [2.75, 3.05) is 0 Å². The number of rotatable bonds is 0. The summed E-state index contributed by atoms with van der Waals surface area (Å²) >= 11 is 11.8. The summed E-state index contributed by atoms with van der Waals surface area (Å²) in [6, 6.07) is 0. The van der Waals surface area contributed by atoms with Gasteiger partial charge in [0.1, 0.15) is 5.15 Å². The van der Waals surface area contributed by atoms with Gasteiger partial charge in [0.15, 0.2) is 0 Å². The highest BCUT2D eigenvalue weighted by Crippen LogP contribution is 2.32. The summed E-state index contributed by atoms with van der Waals surface area (Å²) in [6.45, 7) is 2.01. The molecule has 2 rings (SSSR count). The summed E-state index contributed by atoms with van der Waals surface area (Å²) in [5.41, 5.74) is 3.57. The highest BCUT2D eigenvalue weighted by Gasteiger charge is 2.18. The Morgan fingerprint density at radius 1 is 1.25 bits per heavy atom. The van der Waals surface area contributed by atoms with Gasteiger partial charge >= 0.3 is 0 Å². The quantitative estimate of drug-likeness (QED) is 0.588. The van der Waals surface area contributed by atoms with Crippen LogP contribution in [0.3, 0.4) is 0 Å². The number of halogens is 2. The summed E-state index contributed by atoms with van der Waals surface area (Å²) in [5.74, 6) is 0. The lowest BCUT2D eigenvalue weighted by molar-refractivity contribution is 0.898. The van der Waals surface area contributed by atoms with E-state index in [9.17, 15) is 0 Å². The van der Waals surface area contributed by atoms with Gasteiger partial charge in [0, 0.05) is 5.69 Å². The van der Waals surface area contributed by atoms with Crippen molar-refractivity contribution in [1.82, 2.24) is 4.98 Å². The van der Waals surface area contributed by atoms with Gasteiger partial charge in [-0.05, 0) is 37.3 Å². The van der Waals surface area contributed by atoms with Crippen molar-refractivity contribution in [3.63, 3.8) is 0 Å². The van der Waals surface area contributed by atoms with Crippen LogP contribution >= 0.6 is 23.2 Å². The van der Waals surface area contributed by atoms with Crippen molar-refractivity contribution in [2.45, 2.75) is 26.2 Å². The lowest BCUT2D eigenvalue weighted by atomic mass is 10.1. The molecule has 3 heteroatoms. The van der Waals surface area contributed by atoms with Crippen LogP contribution in [0.4, 0.5) is 0 Å². The van der Waals surface area contributed by atoms with E-state index in [0.29, 0.717) is 10.2 Å². The molecule has 1 aromatic rings. The zero-order valence-corrected chi connectivity index (χ0v) is 8.34. The Morgan fingerprint density at radius 2 is 2.00 bits per heavy atom. The maximum atomic E-state index is 5.97. The predicted octanol–water partition coefficient (Wildman–Crippen LogP) is 3.19. The average molecular weight is 202 g/mol. The van der Waals surface area contributed by atoms with Gasteiger partial charge < -0.3 is 0 Å².